The van der Waals surface area contributed by atoms with Crippen LogP contribution in [0.1, 0.15) is 42.6 Å². The SMILES string of the molecule is NC1CCCCCC1NC(=O)c1c[nH]c(=O)[nH]1. The highest BCUT2D eigenvalue weighted by Crippen LogP contribution is 2.16. The van der Waals surface area contributed by atoms with E-state index in [2.05, 4.69) is 15.3 Å². The molecule has 94 valence electrons. The molecule has 1 fully saturated rings. The van der Waals surface area contributed by atoms with E-state index in [1.54, 1.807) is 0 Å². The Morgan fingerprint density at radius 3 is 2.82 bits per heavy atom. The van der Waals surface area contributed by atoms with E-state index >= 15 is 0 Å². The molecule has 6 nitrogen and oxygen atoms in total. The molecule has 2 rings (SSSR count). The number of imidazole rings is 1. The number of H-pyrrole nitrogens is 2. The van der Waals surface area contributed by atoms with E-state index in [-0.39, 0.29) is 29.4 Å². The predicted molar refractivity (Wildman–Crippen MR) is 63.7 cm³/mol. The summed E-state index contributed by atoms with van der Waals surface area (Å²) >= 11 is 0. The Hall–Kier alpha value is -1.56. The molecule has 17 heavy (non-hydrogen) atoms. The van der Waals surface area contributed by atoms with E-state index in [0.717, 1.165) is 25.7 Å². The third kappa shape index (κ3) is 2.97. The Morgan fingerprint density at radius 2 is 2.12 bits per heavy atom. The molecule has 0 radical (unpaired) electrons. The molecule has 0 saturated heterocycles. The Labute approximate surface area is 99.0 Å². The van der Waals surface area contributed by atoms with Gasteiger partial charge >= 0.3 is 5.69 Å². The molecule has 1 aliphatic rings. The first-order valence-corrected chi connectivity index (χ1v) is 6.01. The second-order valence-electron chi connectivity index (χ2n) is 4.54. The summed E-state index contributed by atoms with van der Waals surface area (Å²) in [5.74, 6) is -0.272. The Bertz CT molecular complexity index is 437. The van der Waals surface area contributed by atoms with Crippen molar-refractivity contribution in [3.05, 3.63) is 22.4 Å². The highest BCUT2D eigenvalue weighted by molar-refractivity contribution is 5.92. The van der Waals surface area contributed by atoms with Crippen molar-refractivity contribution in [2.24, 2.45) is 5.73 Å². The maximum Gasteiger partial charge on any atom is 0.323 e. The average Bonchev–Trinajstić information content (AvgIpc) is 2.63. The lowest BCUT2D eigenvalue weighted by Gasteiger charge is -2.22. The minimum atomic E-state index is -0.375. The molecule has 0 aromatic carbocycles. The smallest absolute Gasteiger partial charge is 0.323 e. The van der Waals surface area contributed by atoms with Crippen LogP contribution in [0.5, 0.6) is 0 Å². The third-order valence-electron chi connectivity index (χ3n) is 3.23. The zero-order valence-electron chi connectivity index (χ0n) is 9.66. The quantitative estimate of drug-likeness (QED) is 0.549. The molecule has 2 unspecified atom stereocenters. The number of carbonyl (C=O) groups excluding carboxylic acids is 1. The van der Waals surface area contributed by atoms with E-state index < -0.39 is 0 Å². The highest BCUT2D eigenvalue weighted by atomic mass is 16.2. The van der Waals surface area contributed by atoms with Crippen molar-refractivity contribution in [2.75, 3.05) is 0 Å². The molecule has 1 saturated carbocycles. The normalized spacial score (nSPS) is 25.2. The number of hydrogen-bond acceptors (Lipinski definition) is 3. The summed E-state index contributed by atoms with van der Waals surface area (Å²) in [5, 5.41) is 2.88. The molecule has 1 aliphatic carbocycles. The fraction of sp³-hybridized carbons (Fsp3) is 0.636. The van der Waals surface area contributed by atoms with Crippen molar-refractivity contribution in [3.8, 4) is 0 Å². The van der Waals surface area contributed by atoms with Gasteiger partial charge in [0.05, 0.1) is 0 Å². The molecule has 1 aromatic rings. The van der Waals surface area contributed by atoms with Gasteiger partial charge in [-0.3, -0.25) is 4.79 Å². The minimum Gasteiger partial charge on any atom is -0.346 e. The number of nitrogens with two attached hydrogens (primary N) is 1. The van der Waals surface area contributed by atoms with Crippen LogP contribution in [0.3, 0.4) is 0 Å². The maximum atomic E-state index is 11.8. The highest BCUT2D eigenvalue weighted by Gasteiger charge is 2.22. The monoisotopic (exact) mass is 238 g/mol. The average molecular weight is 238 g/mol. The lowest BCUT2D eigenvalue weighted by atomic mass is 10.0. The minimum absolute atomic E-state index is 0.00315. The van der Waals surface area contributed by atoms with E-state index in [9.17, 15) is 9.59 Å². The first-order valence-electron chi connectivity index (χ1n) is 6.01. The number of carbonyl (C=O) groups is 1. The summed E-state index contributed by atoms with van der Waals surface area (Å²) in [6, 6.07) is 0.00974. The first-order chi connectivity index (χ1) is 8.16. The molecule has 0 spiro atoms. The van der Waals surface area contributed by atoms with E-state index in [0.29, 0.717) is 0 Å². The lowest BCUT2D eigenvalue weighted by molar-refractivity contribution is 0.0924. The Morgan fingerprint density at radius 1 is 1.35 bits per heavy atom. The molecule has 6 heteroatoms. The van der Waals surface area contributed by atoms with Crippen LogP contribution >= 0.6 is 0 Å². The van der Waals surface area contributed by atoms with Crippen molar-refractivity contribution in [3.63, 3.8) is 0 Å². The number of aromatic nitrogens is 2. The Kier molecular flexibility index (Phi) is 3.63. The molecule has 1 heterocycles. The van der Waals surface area contributed by atoms with Crippen molar-refractivity contribution >= 4 is 5.91 Å². The number of rotatable bonds is 2. The van der Waals surface area contributed by atoms with Crippen molar-refractivity contribution in [1.29, 1.82) is 0 Å². The molecule has 0 aliphatic heterocycles. The van der Waals surface area contributed by atoms with Crippen LogP contribution in [0.2, 0.25) is 0 Å². The summed E-state index contributed by atoms with van der Waals surface area (Å²) < 4.78 is 0. The Balaban J connectivity index is 1.99. The zero-order valence-corrected chi connectivity index (χ0v) is 9.66. The number of nitrogens with one attached hydrogen (secondary N) is 3. The van der Waals surface area contributed by atoms with Gasteiger partial charge in [-0.05, 0) is 12.8 Å². The van der Waals surface area contributed by atoms with Gasteiger partial charge in [-0.1, -0.05) is 19.3 Å². The molecule has 5 N–H and O–H groups in total. The van der Waals surface area contributed by atoms with Gasteiger partial charge in [-0.15, -0.1) is 0 Å². The zero-order chi connectivity index (χ0) is 12.3. The second-order valence-corrected chi connectivity index (χ2v) is 4.54. The van der Waals surface area contributed by atoms with Gasteiger partial charge in [0.2, 0.25) is 0 Å². The van der Waals surface area contributed by atoms with Crippen molar-refractivity contribution in [2.45, 2.75) is 44.2 Å². The fourth-order valence-electron chi connectivity index (χ4n) is 2.22. The number of aromatic amines is 2. The standard InChI is InChI=1S/C11H18N4O2/c12-7-4-2-1-3-5-8(7)14-10(16)9-6-13-11(17)15-9/h6-8H,1-5,12H2,(H,14,16)(H2,13,15,17). The molecule has 1 amide bonds. The molecule has 1 aromatic heterocycles. The van der Waals surface area contributed by atoms with Gasteiger partial charge in [-0.2, -0.15) is 0 Å². The van der Waals surface area contributed by atoms with Crippen LogP contribution in [0.15, 0.2) is 11.0 Å². The van der Waals surface area contributed by atoms with Gasteiger partial charge in [0.1, 0.15) is 5.69 Å². The second kappa shape index (κ2) is 5.18. The molecular weight excluding hydrogens is 220 g/mol. The largest absolute Gasteiger partial charge is 0.346 e. The maximum absolute atomic E-state index is 11.8. The number of hydrogen-bond donors (Lipinski definition) is 4. The first kappa shape index (κ1) is 11.9. The summed E-state index contributed by atoms with van der Waals surface area (Å²) in [6.07, 6.45) is 6.59. The summed E-state index contributed by atoms with van der Waals surface area (Å²) in [7, 11) is 0. The molecule has 2 atom stereocenters. The van der Waals surface area contributed by atoms with E-state index in [1.807, 2.05) is 0 Å². The molecule has 0 bridgehead atoms. The van der Waals surface area contributed by atoms with E-state index in [1.165, 1.54) is 12.6 Å². The summed E-state index contributed by atoms with van der Waals surface area (Å²) in [4.78, 5) is 27.6. The van der Waals surface area contributed by atoms with Crippen LogP contribution in [0, 0.1) is 0 Å². The lowest BCUT2D eigenvalue weighted by Crippen LogP contribution is -2.47. The van der Waals surface area contributed by atoms with Gasteiger partial charge in [-0.25, -0.2) is 4.79 Å². The summed E-state index contributed by atoms with van der Waals surface area (Å²) in [6.45, 7) is 0. The number of amides is 1. The summed E-state index contributed by atoms with van der Waals surface area (Å²) in [5.41, 5.74) is 5.90. The van der Waals surface area contributed by atoms with Gasteiger partial charge in [0.15, 0.2) is 0 Å². The van der Waals surface area contributed by atoms with E-state index in [4.69, 9.17) is 5.73 Å². The van der Waals surface area contributed by atoms with Crippen molar-refractivity contribution < 1.29 is 4.79 Å². The fourth-order valence-corrected chi connectivity index (χ4v) is 2.22. The van der Waals surface area contributed by atoms with Crippen LogP contribution in [-0.4, -0.2) is 28.0 Å². The van der Waals surface area contributed by atoms with Crippen LogP contribution in [0.25, 0.3) is 0 Å². The van der Waals surface area contributed by atoms with Gasteiger partial charge in [0, 0.05) is 18.3 Å². The molecular formula is C11H18N4O2. The van der Waals surface area contributed by atoms with Gasteiger partial charge < -0.3 is 21.0 Å². The van der Waals surface area contributed by atoms with Gasteiger partial charge in [0.25, 0.3) is 5.91 Å². The van der Waals surface area contributed by atoms with Crippen LogP contribution in [-0.2, 0) is 0 Å². The topological polar surface area (TPSA) is 104 Å². The van der Waals surface area contributed by atoms with Crippen LogP contribution in [0.4, 0.5) is 0 Å². The van der Waals surface area contributed by atoms with Crippen LogP contribution < -0.4 is 16.7 Å². The predicted octanol–water partition coefficient (Wildman–Crippen LogP) is 0.0928. The van der Waals surface area contributed by atoms with Crippen molar-refractivity contribution in [1.82, 2.24) is 15.3 Å². The third-order valence-corrected chi connectivity index (χ3v) is 3.23.